The number of benzene rings is 7. The van der Waals surface area contributed by atoms with E-state index in [0.717, 1.165) is 59.1 Å². The van der Waals surface area contributed by atoms with Crippen molar-refractivity contribution < 1.29 is 5.11 Å². The van der Waals surface area contributed by atoms with Gasteiger partial charge in [0.2, 0.25) is 0 Å². The van der Waals surface area contributed by atoms with Crippen molar-refractivity contribution in [3.8, 4) is 85.2 Å². The maximum absolute atomic E-state index is 10.8. The van der Waals surface area contributed by atoms with Crippen molar-refractivity contribution in [3.63, 3.8) is 0 Å². The molecule has 8 heteroatoms. The summed E-state index contributed by atoms with van der Waals surface area (Å²) in [5.41, 5.74) is 6.89. The third kappa shape index (κ3) is 6.24. The monoisotopic (exact) mass is 738 g/mol. The summed E-state index contributed by atoms with van der Waals surface area (Å²) < 4.78 is 2.26. The molecule has 0 radical (unpaired) electrons. The molecule has 0 fully saturated rings. The molecule has 0 unspecified atom stereocenters. The smallest absolute Gasteiger partial charge is 0.164 e. The fourth-order valence-corrected chi connectivity index (χ4v) is 8.07. The summed E-state index contributed by atoms with van der Waals surface area (Å²) in [5.74, 6) is 3.73. The Kier molecular flexibility index (Phi) is 8.35. The number of phenolic OH excluding ortho intramolecular Hbond substituents is 1. The van der Waals surface area contributed by atoms with Gasteiger partial charge in [0.25, 0.3) is 0 Å². The van der Waals surface area contributed by atoms with E-state index in [2.05, 4.69) is 36.4 Å². The lowest BCUT2D eigenvalue weighted by Gasteiger charge is -2.12. The molecule has 7 nitrogen and oxygen atoms in total. The standard InChI is InChI=1S/C48H30N6OS/c55-40-23-13-12-21-36(40)35-20-10-11-22-38(35)48-53-45(32-18-8-3-9-19-32)52-47(54-48)34-24-26-37-39-28-33(25-27-41(39)56-42(37)29-34)46-50-43(30-14-4-1-5-15-30)49-44(51-46)31-16-6-2-7-17-31/h1-29,55H. The Morgan fingerprint density at radius 2 is 0.732 bits per heavy atom. The van der Waals surface area contributed by atoms with Crippen LogP contribution < -0.4 is 0 Å². The summed E-state index contributed by atoms with van der Waals surface area (Å²) in [4.78, 5) is 29.9. The van der Waals surface area contributed by atoms with Gasteiger partial charge in [-0.25, -0.2) is 29.9 Å². The van der Waals surface area contributed by atoms with E-state index < -0.39 is 0 Å². The molecule has 0 atom stereocenters. The molecular formula is C48H30N6OS. The number of phenols is 1. The van der Waals surface area contributed by atoms with E-state index in [-0.39, 0.29) is 5.75 Å². The minimum Gasteiger partial charge on any atom is -0.507 e. The van der Waals surface area contributed by atoms with Gasteiger partial charge in [-0.2, -0.15) is 0 Å². The average molecular weight is 739 g/mol. The average Bonchev–Trinajstić information content (AvgIpc) is 3.64. The van der Waals surface area contributed by atoms with Gasteiger partial charge in [-0.15, -0.1) is 11.3 Å². The van der Waals surface area contributed by atoms with Crippen molar-refractivity contribution in [1.29, 1.82) is 0 Å². The number of aromatic nitrogens is 6. The van der Waals surface area contributed by atoms with Gasteiger partial charge in [0.05, 0.1) is 0 Å². The Hall–Kier alpha value is -7.42. The SMILES string of the molecule is Oc1ccccc1-c1ccccc1-c1nc(-c2ccccc2)nc(-c2ccc3c(c2)sc2ccc(-c4nc(-c5ccccc5)nc(-c5ccccc5)n4)cc23)n1. The van der Waals surface area contributed by atoms with Crippen LogP contribution in [-0.2, 0) is 0 Å². The van der Waals surface area contributed by atoms with Crippen molar-refractivity contribution in [1.82, 2.24) is 29.9 Å². The first-order valence-corrected chi connectivity index (χ1v) is 19.0. The fourth-order valence-electron chi connectivity index (χ4n) is 6.95. The molecule has 10 aromatic rings. The van der Waals surface area contributed by atoms with Crippen molar-refractivity contribution in [2.24, 2.45) is 0 Å². The molecule has 264 valence electrons. The zero-order valence-electron chi connectivity index (χ0n) is 29.8. The van der Waals surface area contributed by atoms with Crippen molar-refractivity contribution in [2.75, 3.05) is 0 Å². The second kappa shape index (κ2) is 14.1. The van der Waals surface area contributed by atoms with Crippen LogP contribution in [0.2, 0.25) is 0 Å². The summed E-state index contributed by atoms with van der Waals surface area (Å²) >= 11 is 1.72. The van der Waals surface area contributed by atoms with Crippen LogP contribution in [0.25, 0.3) is 99.6 Å². The molecule has 56 heavy (non-hydrogen) atoms. The van der Waals surface area contributed by atoms with Crippen LogP contribution >= 0.6 is 11.3 Å². The molecule has 7 aromatic carbocycles. The molecule has 0 bridgehead atoms. The fraction of sp³-hybridized carbons (Fsp3) is 0. The molecular weight excluding hydrogens is 709 g/mol. The molecule has 0 spiro atoms. The van der Waals surface area contributed by atoms with Gasteiger partial charge in [0, 0.05) is 59.1 Å². The Morgan fingerprint density at radius 1 is 0.304 bits per heavy atom. The van der Waals surface area contributed by atoms with Gasteiger partial charge in [-0.3, -0.25) is 0 Å². The molecule has 0 aliphatic heterocycles. The molecule has 3 aromatic heterocycles. The Morgan fingerprint density at radius 3 is 1.29 bits per heavy atom. The number of fused-ring (bicyclic) bond motifs is 3. The molecule has 10 rings (SSSR count). The van der Waals surface area contributed by atoms with E-state index in [1.165, 1.54) is 0 Å². The molecule has 0 saturated heterocycles. The highest BCUT2D eigenvalue weighted by Gasteiger charge is 2.19. The van der Waals surface area contributed by atoms with Crippen LogP contribution in [0.3, 0.4) is 0 Å². The van der Waals surface area contributed by atoms with Crippen LogP contribution in [0.4, 0.5) is 0 Å². The van der Waals surface area contributed by atoms with Crippen LogP contribution in [0.5, 0.6) is 5.75 Å². The van der Waals surface area contributed by atoms with Gasteiger partial charge in [0.1, 0.15) is 5.75 Å². The van der Waals surface area contributed by atoms with Gasteiger partial charge in [-0.05, 0) is 35.9 Å². The summed E-state index contributed by atoms with van der Waals surface area (Å²) in [6, 6.07) is 58.0. The minimum atomic E-state index is 0.194. The van der Waals surface area contributed by atoms with Crippen LogP contribution in [0.15, 0.2) is 176 Å². The normalized spacial score (nSPS) is 11.3. The lowest BCUT2D eigenvalue weighted by Crippen LogP contribution is -2.01. The maximum atomic E-state index is 10.8. The molecule has 3 heterocycles. The van der Waals surface area contributed by atoms with Crippen LogP contribution in [-0.4, -0.2) is 35.0 Å². The zero-order chi connectivity index (χ0) is 37.4. The highest BCUT2D eigenvalue weighted by molar-refractivity contribution is 7.25. The highest BCUT2D eigenvalue weighted by Crippen LogP contribution is 2.40. The second-order valence-electron chi connectivity index (χ2n) is 13.3. The summed E-state index contributed by atoms with van der Waals surface area (Å²) in [5, 5.41) is 13.0. The predicted octanol–water partition coefficient (Wildman–Crippen LogP) is 11.8. The quantitative estimate of drug-likeness (QED) is 0.174. The Bertz CT molecular complexity index is 2980. The Labute approximate surface area is 326 Å². The molecule has 0 aliphatic rings. The minimum absolute atomic E-state index is 0.194. The number of nitrogens with zero attached hydrogens (tertiary/aromatic N) is 6. The van der Waals surface area contributed by atoms with Gasteiger partial charge >= 0.3 is 0 Å². The molecule has 0 saturated carbocycles. The summed E-state index contributed by atoms with van der Waals surface area (Å²) in [6.45, 7) is 0. The van der Waals surface area contributed by atoms with Gasteiger partial charge < -0.3 is 5.11 Å². The van der Waals surface area contributed by atoms with Crippen LogP contribution in [0, 0.1) is 0 Å². The summed E-state index contributed by atoms with van der Waals surface area (Å²) in [7, 11) is 0. The number of hydrogen-bond donors (Lipinski definition) is 1. The number of para-hydroxylation sites is 1. The second-order valence-corrected chi connectivity index (χ2v) is 14.4. The van der Waals surface area contributed by atoms with E-state index in [9.17, 15) is 5.11 Å². The third-order valence-electron chi connectivity index (χ3n) is 9.72. The van der Waals surface area contributed by atoms with Crippen molar-refractivity contribution >= 4 is 31.5 Å². The maximum Gasteiger partial charge on any atom is 0.164 e. The van der Waals surface area contributed by atoms with E-state index in [0.29, 0.717) is 40.5 Å². The lowest BCUT2D eigenvalue weighted by atomic mass is 9.98. The van der Waals surface area contributed by atoms with Crippen LogP contribution in [0.1, 0.15) is 0 Å². The largest absolute Gasteiger partial charge is 0.507 e. The van der Waals surface area contributed by atoms with E-state index >= 15 is 0 Å². The molecule has 1 N–H and O–H groups in total. The first kappa shape index (κ1) is 33.2. The van der Waals surface area contributed by atoms with Gasteiger partial charge in [0.15, 0.2) is 34.9 Å². The third-order valence-corrected chi connectivity index (χ3v) is 10.9. The topological polar surface area (TPSA) is 97.6 Å². The summed E-state index contributed by atoms with van der Waals surface area (Å²) in [6.07, 6.45) is 0. The lowest BCUT2D eigenvalue weighted by molar-refractivity contribution is 0.477. The first-order chi connectivity index (χ1) is 27.6. The van der Waals surface area contributed by atoms with E-state index in [4.69, 9.17) is 29.9 Å². The number of rotatable bonds is 7. The van der Waals surface area contributed by atoms with Crippen molar-refractivity contribution in [3.05, 3.63) is 176 Å². The highest BCUT2D eigenvalue weighted by atomic mass is 32.1. The van der Waals surface area contributed by atoms with E-state index in [1.807, 2.05) is 133 Å². The number of thiophene rings is 1. The van der Waals surface area contributed by atoms with Crippen molar-refractivity contribution in [2.45, 2.75) is 0 Å². The number of hydrogen-bond acceptors (Lipinski definition) is 8. The zero-order valence-corrected chi connectivity index (χ0v) is 30.6. The molecule has 0 aliphatic carbocycles. The first-order valence-electron chi connectivity index (χ1n) is 18.2. The molecule has 0 amide bonds. The Balaban J connectivity index is 1.09. The van der Waals surface area contributed by atoms with Gasteiger partial charge in [-0.1, -0.05) is 146 Å². The predicted molar refractivity (Wildman–Crippen MR) is 226 cm³/mol. The number of aromatic hydroxyl groups is 1. The van der Waals surface area contributed by atoms with E-state index in [1.54, 1.807) is 17.4 Å².